The van der Waals surface area contributed by atoms with Crippen molar-refractivity contribution < 1.29 is 0 Å². The van der Waals surface area contributed by atoms with Crippen molar-refractivity contribution in [2.45, 2.75) is 34.1 Å². The van der Waals surface area contributed by atoms with Gasteiger partial charge in [0.15, 0.2) is 0 Å². The molecule has 0 fully saturated rings. The van der Waals surface area contributed by atoms with Crippen molar-refractivity contribution in [3.63, 3.8) is 0 Å². The van der Waals surface area contributed by atoms with Crippen molar-refractivity contribution in [2.75, 3.05) is 0 Å². The lowest BCUT2D eigenvalue weighted by atomic mass is 9.74. The van der Waals surface area contributed by atoms with Gasteiger partial charge in [-0.1, -0.05) is 51.1 Å². The lowest BCUT2D eigenvalue weighted by molar-refractivity contribution is 0.375. The number of allylic oxidation sites excluding steroid dienone is 2. The number of rotatable bonds is 1. The van der Waals surface area contributed by atoms with Gasteiger partial charge in [-0.2, -0.15) is 0 Å². The first-order valence-electron chi connectivity index (χ1n) is 6.37. The highest BCUT2D eigenvalue weighted by Gasteiger charge is 2.25. The fourth-order valence-corrected chi connectivity index (χ4v) is 2.86. The van der Waals surface area contributed by atoms with E-state index in [2.05, 4.69) is 58.0 Å². The fraction of sp³-hybridized carbons (Fsp3) is 0.500. The van der Waals surface area contributed by atoms with E-state index in [4.69, 9.17) is 0 Å². The van der Waals surface area contributed by atoms with Gasteiger partial charge in [-0.3, -0.25) is 0 Å². The van der Waals surface area contributed by atoms with Gasteiger partial charge in [0.1, 0.15) is 0 Å². The number of benzene rings is 1. The van der Waals surface area contributed by atoms with Gasteiger partial charge in [-0.25, -0.2) is 0 Å². The molecule has 3 unspecified atom stereocenters. The summed E-state index contributed by atoms with van der Waals surface area (Å²) < 4.78 is 0. The molecular formula is C16H22. The SMILES string of the molecule is Cc1ccccc1C1=CC(C)CC(C)C1C. The van der Waals surface area contributed by atoms with Crippen molar-refractivity contribution >= 4 is 5.57 Å². The summed E-state index contributed by atoms with van der Waals surface area (Å²) in [7, 11) is 0. The van der Waals surface area contributed by atoms with Crippen LogP contribution in [-0.4, -0.2) is 0 Å². The van der Waals surface area contributed by atoms with E-state index >= 15 is 0 Å². The van der Waals surface area contributed by atoms with Crippen molar-refractivity contribution in [3.05, 3.63) is 41.5 Å². The van der Waals surface area contributed by atoms with E-state index in [1.165, 1.54) is 17.5 Å². The summed E-state index contributed by atoms with van der Waals surface area (Å²) in [5.74, 6) is 2.22. The largest absolute Gasteiger partial charge is 0.0776 e. The summed E-state index contributed by atoms with van der Waals surface area (Å²) in [6, 6.07) is 8.76. The monoisotopic (exact) mass is 214 g/mol. The minimum atomic E-state index is 0.692. The highest BCUT2D eigenvalue weighted by molar-refractivity contribution is 5.70. The summed E-state index contributed by atoms with van der Waals surface area (Å²) >= 11 is 0. The van der Waals surface area contributed by atoms with Crippen LogP contribution in [0.4, 0.5) is 0 Å². The second kappa shape index (κ2) is 4.45. The van der Waals surface area contributed by atoms with Crippen LogP contribution >= 0.6 is 0 Å². The molecule has 1 aliphatic carbocycles. The number of aryl methyl sites for hydroxylation is 1. The highest BCUT2D eigenvalue weighted by Crippen LogP contribution is 2.39. The van der Waals surface area contributed by atoms with Crippen LogP contribution in [0.3, 0.4) is 0 Å². The van der Waals surface area contributed by atoms with Crippen molar-refractivity contribution in [3.8, 4) is 0 Å². The molecule has 16 heavy (non-hydrogen) atoms. The third-order valence-electron chi connectivity index (χ3n) is 4.01. The first-order valence-corrected chi connectivity index (χ1v) is 6.37. The van der Waals surface area contributed by atoms with E-state index in [0.29, 0.717) is 5.92 Å². The van der Waals surface area contributed by atoms with E-state index in [0.717, 1.165) is 11.8 Å². The smallest absolute Gasteiger partial charge is 0.0161 e. The average Bonchev–Trinajstić information content (AvgIpc) is 2.24. The molecule has 0 radical (unpaired) electrons. The average molecular weight is 214 g/mol. The van der Waals surface area contributed by atoms with E-state index in [1.54, 1.807) is 5.57 Å². The quantitative estimate of drug-likeness (QED) is 0.636. The van der Waals surface area contributed by atoms with Crippen LogP contribution in [0.25, 0.3) is 5.57 Å². The van der Waals surface area contributed by atoms with Gasteiger partial charge >= 0.3 is 0 Å². The molecule has 0 saturated heterocycles. The zero-order chi connectivity index (χ0) is 11.7. The predicted molar refractivity (Wildman–Crippen MR) is 71.3 cm³/mol. The number of hydrogen-bond donors (Lipinski definition) is 0. The summed E-state index contributed by atoms with van der Waals surface area (Å²) in [6.45, 7) is 9.30. The molecule has 2 rings (SSSR count). The Morgan fingerprint density at radius 2 is 1.75 bits per heavy atom. The third-order valence-corrected chi connectivity index (χ3v) is 4.01. The Morgan fingerprint density at radius 1 is 1.06 bits per heavy atom. The highest BCUT2D eigenvalue weighted by atomic mass is 14.3. The lowest BCUT2D eigenvalue weighted by Gasteiger charge is -2.31. The molecule has 1 aromatic carbocycles. The predicted octanol–water partition coefficient (Wildman–Crippen LogP) is 4.69. The molecule has 0 N–H and O–H groups in total. The Balaban J connectivity index is 2.43. The molecule has 3 atom stereocenters. The molecule has 1 aromatic rings. The van der Waals surface area contributed by atoms with Gasteiger partial charge in [0.25, 0.3) is 0 Å². The maximum Gasteiger partial charge on any atom is -0.0161 e. The molecule has 0 spiro atoms. The summed E-state index contributed by atoms with van der Waals surface area (Å²) in [6.07, 6.45) is 3.81. The van der Waals surface area contributed by atoms with Gasteiger partial charge in [0.2, 0.25) is 0 Å². The Bertz CT molecular complexity index is 400. The van der Waals surface area contributed by atoms with Gasteiger partial charge in [0.05, 0.1) is 0 Å². The van der Waals surface area contributed by atoms with E-state index in [-0.39, 0.29) is 0 Å². The molecule has 0 nitrogen and oxygen atoms in total. The van der Waals surface area contributed by atoms with Crippen LogP contribution in [0.5, 0.6) is 0 Å². The molecule has 0 heteroatoms. The molecule has 1 aliphatic rings. The van der Waals surface area contributed by atoms with Crippen LogP contribution in [-0.2, 0) is 0 Å². The molecule has 0 heterocycles. The first kappa shape index (κ1) is 11.4. The molecule has 0 aliphatic heterocycles. The fourth-order valence-electron chi connectivity index (χ4n) is 2.86. The lowest BCUT2D eigenvalue weighted by Crippen LogP contribution is -2.18. The zero-order valence-corrected chi connectivity index (χ0v) is 10.8. The van der Waals surface area contributed by atoms with Crippen LogP contribution in [0, 0.1) is 24.7 Å². The molecule has 86 valence electrons. The molecule has 0 amide bonds. The van der Waals surface area contributed by atoms with Crippen LogP contribution in [0.15, 0.2) is 30.3 Å². The number of hydrogen-bond acceptors (Lipinski definition) is 0. The normalized spacial score (nSPS) is 30.0. The topological polar surface area (TPSA) is 0 Å². The molecular weight excluding hydrogens is 192 g/mol. The zero-order valence-electron chi connectivity index (χ0n) is 10.8. The summed E-state index contributed by atoms with van der Waals surface area (Å²) in [5, 5.41) is 0. The first-order chi connectivity index (χ1) is 7.59. The van der Waals surface area contributed by atoms with Gasteiger partial charge < -0.3 is 0 Å². The van der Waals surface area contributed by atoms with E-state index < -0.39 is 0 Å². The minimum absolute atomic E-state index is 0.692. The summed E-state index contributed by atoms with van der Waals surface area (Å²) in [5.41, 5.74) is 4.42. The van der Waals surface area contributed by atoms with Gasteiger partial charge in [-0.05, 0) is 47.8 Å². The van der Waals surface area contributed by atoms with Crippen molar-refractivity contribution in [1.82, 2.24) is 0 Å². The Labute approximate surface area is 99.4 Å². The molecule has 0 bridgehead atoms. The second-order valence-corrected chi connectivity index (χ2v) is 5.42. The standard InChI is InChI=1S/C16H22/c1-11-9-13(3)14(4)16(10-11)15-8-6-5-7-12(15)2/h5-8,10-11,13-14H,9H2,1-4H3. The van der Waals surface area contributed by atoms with Gasteiger partial charge in [-0.15, -0.1) is 0 Å². The second-order valence-electron chi connectivity index (χ2n) is 5.42. The minimum Gasteiger partial charge on any atom is -0.0776 e. The molecule has 0 aromatic heterocycles. The van der Waals surface area contributed by atoms with Crippen molar-refractivity contribution in [2.24, 2.45) is 17.8 Å². The van der Waals surface area contributed by atoms with Crippen LogP contribution < -0.4 is 0 Å². The van der Waals surface area contributed by atoms with E-state index in [1.807, 2.05) is 0 Å². The maximum atomic E-state index is 2.48. The van der Waals surface area contributed by atoms with Crippen molar-refractivity contribution in [1.29, 1.82) is 0 Å². The molecule has 0 saturated carbocycles. The van der Waals surface area contributed by atoms with Gasteiger partial charge in [0, 0.05) is 0 Å². The maximum absolute atomic E-state index is 2.48. The van der Waals surface area contributed by atoms with Crippen LogP contribution in [0.2, 0.25) is 0 Å². The Morgan fingerprint density at radius 3 is 2.44 bits per heavy atom. The Kier molecular flexibility index (Phi) is 3.18. The third kappa shape index (κ3) is 2.07. The summed E-state index contributed by atoms with van der Waals surface area (Å²) in [4.78, 5) is 0. The Hall–Kier alpha value is -1.04. The van der Waals surface area contributed by atoms with E-state index in [9.17, 15) is 0 Å². The van der Waals surface area contributed by atoms with Crippen LogP contribution in [0.1, 0.15) is 38.3 Å².